The van der Waals surface area contributed by atoms with Crippen molar-refractivity contribution in [1.82, 2.24) is 20.5 Å². The van der Waals surface area contributed by atoms with Gasteiger partial charge < -0.3 is 5.32 Å². The van der Waals surface area contributed by atoms with Gasteiger partial charge in [0.25, 0.3) is 0 Å². The summed E-state index contributed by atoms with van der Waals surface area (Å²) >= 11 is 1.61. The van der Waals surface area contributed by atoms with Crippen LogP contribution in [0.4, 0.5) is 0 Å². The topological polar surface area (TPSA) is 50.7 Å². The van der Waals surface area contributed by atoms with Crippen LogP contribution in [0.2, 0.25) is 0 Å². The molecule has 2 heterocycles. The second-order valence-electron chi connectivity index (χ2n) is 4.07. The summed E-state index contributed by atoms with van der Waals surface area (Å²) in [6.45, 7) is 5.22. The van der Waals surface area contributed by atoms with Gasteiger partial charge in [-0.15, -0.1) is 10.2 Å². The smallest absolute Gasteiger partial charge is 0.166 e. The normalized spacial score (nSPS) is 11.0. The Morgan fingerprint density at radius 2 is 2.18 bits per heavy atom. The van der Waals surface area contributed by atoms with Gasteiger partial charge in [0.1, 0.15) is 10.7 Å². The number of rotatable bonds is 5. The first kappa shape index (κ1) is 12.1. The predicted molar refractivity (Wildman–Crippen MR) is 70.0 cm³/mol. The highest BCUT2D eigenvalue weighted by Crippen LogP contribution is 2.20. The van der Waals surface area contributed by atoms with Crippen molar-refractivity contribution in [2.24, 2.45) is 0 Å². The van der Waals surface area contributed by atoms with Crippen molar-refractivity contribution in [1.29, 1.82) is 0 Å². The highest BCUT2D eigenvalue weighted by molar-refractivity contribution is 7.14. The van der Waals surface area contributed by atoms with Gasteiger partial charge >= 0.3 is 0 Å². The van der Waals surface area contributed by atoms with E-state index in [2.05, 4.69) is 34.3 Å². The van der Waals surface area contributed by atoms with Gasteiger partial charge in [0.2, 0.25) is 0 Å². The molecule has 0 radical (unpaired) electrons. The van der Waals surface area contributed by atoms with Crippen molar-refractivity contribution in [3.05, 3.63) is 29.4 Å². The zero-order chi connectivity index (χ0) is 12.1. The fourth-order valence-corrected chi connectivity index (χ4v) is 2.23. The number of pyridine rings is 1. The SMILES string of the molecule is CC(C)NCCc1nnc(-c2ccccn2)s1. The maximum absolute atomic E-state index is 4.26. The Balaban J connectivity index is 1.97. The average Bonchev–Trinajstić information content (AvgIpc) is 2.78. The summed E-state index contributed by atoms with van der Waals surface area (Å²) in [5.74, 6) is 0. The minimum absolute atomic E-state index is 0.512. The van der Waals surface area contributed by atoms with Crippen LogP contribution in [0.5, 0.6) is 0 Å². The van der Waals surface area contributed by atoms with Crippen LogP contribution in [0.15, 0.2) is 24.4 Å². The first-order chi connectivity index (χ1) is 8.25. The Morgan fingerprint density at radius 1 is 1.29 bits per heavy atom. The summed E-state index contributed by atoms with van der Waals surface area (Å²) < 4.78 is 0. The molecular weight excluding hydrogens is 232 g/mol. The van der Waals surface area contributed by atoms with Gasteiger partial charge in [-0.05, 0) is 12.1 Å². The molecule has 0 fully saturated rings. The van der Waals surface area contributed by atoms with E-state index >= 15 is 0 Å². The molecule has 0 unspecified atom stereocenters. The second-order valence-corrected chi connectivity index (χ2v) is 5.14. The average molecular weight is 248 g/mol. The maximum Gasteiger partial charge on any atom is 0.166 e. The molecule has 0 aromatic carbocycles. The quantitative estimate of drug-likeness (QED) is 0.880. The molecule has 0 aliphatic heterocycles. The first-order valence-electron chi connectivity index (χ1n) is 5.73. The van der Waals surface area contributed by atoms with E-state index in [4.69, 9.17) is 0 Å². The summed E-state index contributed by atoms with van der Waals surface area (Å²) in [4.78, 5) is 4.26. The molecule has 5 heteroatoms. The highest BCUT2D eigenvalue weighted by atomic mass is 32.1. The number of hydrogen-bond acceptors (Lipinski definition) is 5. The van der Waals surface area contributed by atoms with Crippen LogP contribution in [-0.2, 0) is 6.42 Å². The molecule has 0 spiro atoms. The molecule has 0 atom stereocenters. The van der Waals surface area contributed by atoms with Crippen molar-refractivity contribution in [2.75, 3.05) is 6.54 Å². The van der Waals surface area contributed by atoms with Crippen molar-refractivity contribution in [2.45, 2.75) is 26.3 Å². The van der Waals surface area contributed by atoms with Crippen molar-refractivity contribution in [3.8, 4) is 10.7 Å². The van der Waals surface area contributed by atoms with Crippen LogP contribution >= 0.6 is 11.3 Å². The minimum Gasteiger partial charge on any atom is -0.314 e. The van der Waals surface area contributed by atoms with Crippen LogP contribution in [-0.4, -0.2) is 27.8 Å². The zero-order valence-corrected chi connectivity index (χ0v) is 10.9. The van der Waals surface area contributed by atoms with E-state index in [0.717, 1.165) is 28.7 Å². The molecule has 0 bridgehead atoms. The monoisotopic (exact) mass is 248 g/mol. The number of nitrogens with zero attached hydrogens (tertiary/aromatic N) is 3. The summed E-state index contributed by atoms with van der Waals surface area (Å²) in [6, 6.07) is 6.33. The van der Waals surface area contributed by atoms with E-state index in [0.29, 0.717) is 6.04 Å². The van der Waals surface area contributed by atoms with Crippen molar-refractivity contribution >= 4 is 11.3 Å². The Hall–Kier alpha value is -1.33. The van der Waals surface area contributed by atoms with Gasteiger partial charge in [0.15, 0.2) is 5.01 Å². The predicted octanol–water partition coefficient (Wildman–Crippen LogP) is 2.14. The van der Waals surface area contributed by atoms with Crippen LogP contribution in [0.3, 0.4) is 0 Å². The van der Waals surface area contributed by atoms with Crippen LogP contribution < -0.4 is 5.32 Å². The number of aromatic nitrogens is 3. The molecular formula is C12H16N4S. The Labute approximate surface area is 105 Å². The third-order valence-electron chi connectivity index (χ3n) is 2.24. The lowest BCUT2D eigenvalue weighted by molar-refractivity contribution is 0.588. The lowest BCUT2D eigenvalue weighted by Crippen LogP contribution is -2.24. The van der Waals surface area contributed by atoms with Gasteiger partial charge in [0, 0.05) is 25.2 Å². The molecule has 4 nitrogen and oxygen atoms in total. The number of nitrogens with one attached hydrogen (secondary N) is 1. The molecule has 1 N–H and O–H groups in total. The van der Waals surface area contributed by atoms with Crippen molar-refractivity contribution in [3.63, 3.8) is 0 Å². The molecule has 0 amide bonds. The van der Waals surface area contributed by atoms with E-state index < -0.39 is 0 Å². The molecule has 90 valence electrons. The van der Waals surface area contributed by atoms with Crippen LogP contribution in [0.1, 0.15) is 18.9 Å². The minimum atomic E-state index is 0.512. The summed E-state index contributed by atoms with van der Waals surface area (Å²) in [5, 5.41) is 13.7. The van der Waals surface area contributed by atoms with E-state index in [9.17, 15) is 0 Å². The van der Waals surface area contributed by atoms with Gasteiger partial charge in [-0.2, -0.15) is 0 Å². The Bertz CT molecular complexity index is 453. The lowest BCUT2D eigenvalue weighted by atomic mass is 10.3. The summed E-state index contributed by atoms with van der Waals surface area (Å²) in [5.41, 5.74) is 0.896. The largest absolute Gasteiger partial charge is 0.314 e. The molecule has 0 saturated carbocycles. The van der Waals surface area contributed by atoms with E-state index in [1.54, 1.807) is 17.5 Å². The van der Waals surface area contributed by atoms with E-state index in [-0.39, 0.29) is 0 Å². The molecule has 2 aromatic heterocycles. The fourth-order valence-electron chi connectivity index (χ4n) is 1.42. The molecule has 0 saturated heterocycles. The summed E-state index contributed by atoms with van der Waals surface area (Å²) in [7, 11) is 0. The number of hydrogen-bond donors (Lipinski definition) is 1. The third kappa shape index (κ3) is 3.57. The fraction of sp³-hybridized carbons (Fsp3) is 0.417. The van der Waals surface area contributed by atoms with E-state index in [1.807, 2.05) is 18.2 Å². The third-order valence-corrected chi connectivity index (χ3v) is 3.25. The van der Waals surface area contributed by atoms with Gasteiger partial charge in [-0.25, -0.2) is 0 Å². The first-order valence-corrected chi connectivity index (χ1v) is 6.54. The standard InChI is InChI=1S/C12H16N4S/c1-9(2)13-8-6-11-15-16-12(17-11)10-5-3-4-7-14-10/h3-5,7,9,13H,6,8H2,1-2H3. The molecule has 0 aliphatic rings. The van der Waals surface area contributed by atoms with Gasteiger partial charge in [-0.3, -0.25) is 4.98 Å². The maximum atomic E-state index is 4.26. The van der Waals surface area contributed by atoms with Gasteiger partial charge in [-0.1, -0.05) is 31.3 Å². The summed E-state index contributed by atoms with van der Waals surface area (Å²) in [6.07, 6.45) is 2.69. The molecule has 2 aromatic rings. The zero-order valence-electron chi connectivity index (χ0n) is 10.1. The second kappa shape index (κ2) is 5.84. The van der Waals surface area contributed by atoms with Crippen molar-refractivity contribution < 1.29 is 0 Å². The molecule has 2 rings (SSSR count). The highest BCUT2D eigenvalue weighted by Gasteiger charge is 2.06. The molecule has 0 aliphatic carbocycles. The van der Waals surface area contributed by atoms with E-state index in [1.165, 1.54) is 0 Å². The van der Waals surface area contributed by atoms with Crippen LogP contribution in [0, 0.1) is 0 Å². The molecule has 17 heavy (non-hydrogen) atoms. The Morgan fingerprint density at radius 3 is 2.88 bits per heavy atom. The Kier molecular flexibility index (Phi) is 4.17. The van der Waals surface area contributed by atoms with Crippen LogP contribution in [0.25, 0.3) is 10.7 Å². The lowest BCUT2D eigenvalue weighted by Gasteiger charge is -2.04. The van der Waals surface area contributed by atoms with Gasteiger partial charge in [0.05, 0.1) is 0 Å².